The van der Waals surface area contributed by atoms with Crippen LogP contribution >= 0.6 is 24.0 Å². The molecule has 0 radical (unpaired) electrons. The lowest BCUT2D eigenvalue weighted by Gasteiger charge is -2.39. The number of rotatable bonds is 7. The molecule has 0 bridgehead atoms. The third-order valence-electron chi connectivity index (χ3n) is 7.68. The second-order valence-electron chi connectivity index (χ2n) is 10.8. The fraction of sp³-hybridized carbons (Fsp3) is 0.517. The number of nitrogens with zero attached hydrogens (tertiary/aromatic N) is 4. The standard InChI is InChI=1S/C29H38ClN5O3.ClH/c1-18(2)33(5)29(38)22-15-20(4)31-26(16-22)32-28(37)25-8-9-27(36)35(25)23-10-12-34(13-11-23)17-21-6-7-24(30)19(3)14-21;/h6-7,14-16,18,23,25H,8-13,17H2,1-5H3,(H,31,32,37);1H/t25-;/m1./s1. The zero-order chi connectivity index (χ0) is 27.6. The van der Waals surface area contributed by atoms with Crippen LogP contribution in [-0.4, -0.2) is 75.7 Å². The van der Waals surface area contributed by atoms with Gasteiger partial charge in [0.15, 0.2) is 0 Å². The van der Waals surface area contributed by atoms with Gasteiger partial charge in [-0.1, -0.05) is 23.7 Å². The Morgan fingerprint density at radius 3 is 2.46 bits per heavy atom. The van der Waals surface area contributed by atoms with Crippen LogP contribution < -0.4 is 5.32 Å². The average molecular weight is 577 g/mol. The minimum atomic E-state index is -0.530. The summed E-state index contributed by atoms with van der Waals surface area (Å²) in [6.45, 7) is 10.3. The number of aryl methyl sites for hydroxylation is 2. The Labute approximate surface area is 242 Å². The molecule has 2 fully saturated rings. The van der Waals surface area contributed by atoms with Crippen LogP contribution in [0.1, 0.15) is 66.7 Å². The molecule has 1 aromatic heterocycles. The molecular formula is C29H39Cl2N5O3. The van der Waals surface area contributed by atoms with Crippen molar-refractivity contribution in [1.82, 2.24) is 19.7 Å². The van der Waals surface area contributed by atoms with Gasteiger partial charge in [0.05, 0.1) is 0 Å². The molecule has 8 nitrogen and oxygen atoms in total. The van der Waals surface area contributed by atoms with E-state index in [-0.39, 0.29) is 42.2 Å². The first kappa shape index (κ1) is 30.9. The van der Waals surface area contributed by atoms with Crippen LogP contribution in [0.4, 0.5) is 5.82 Å². The SMILES string of the molecule is Cc1cc(C(=O)N(C)C(C)C)cc(NC(=O)[C@H]2CCC(=O)N2C2CCN(Cc3ccc(Cl)c(C)c3)CC2)n1.Cl. The lowest BCUT2D eigenvalue weighted by molar-refractivity contribution is -0.136. The number of halogens is 2. The van der Waals surface area contributed by atoms with Gasteiger partial charge in [-0.2, -0.15) is 0 Å². The lowest BCUT2D eigenvalue weighted by Crippen LogP contribution is -2.51. The molecule has 212 valence electrons. The van der Waals surface area contributed by atoms with E-state index in [1.807, 2.05) is 26.8 Å². The van der Waals surface area contributed by atoms with Crippen LogP contribution in [0, 0.1) is 13.8 Å². The Bertz CT molecular complexity index is 1210. The number of anilines is 1. The van der Waals surface area contributed by atoms with Crippen LogP contribution in [0.25, 0.3) is 0 Å². The lowest BCUT2D eigenvalue weighted by atomic mass is 10.0. The first-order chi connectivity index (χ1) is 18.0. The quantitative estimate of drug-likeness (QED) is 0.510. The van der Waals surface area contributed by atoms with E-state index in [9.17, 15) is 14.4 Å². The number of nitrogens with one attached hydrogen (secondary N) is 1. The van der Waals surface area contributed by atoms with Gasteiger partial charge in [0, 0.05) is 61.5 Å². The number of hydrogen-bond acceptors (Lipinski definition) is 5. The molecule has 0 spiro atoms. The molecule has 1 atom stereocenters. The Kier molecular flexibility index (Phi) is 10.4. The van der Waals surface area contributed by atoms with E-state index in [0.29, 0.717) is 29.9 Å². The summed E-state index contributed by atoms with van der Waals surface area (Å²) < 4.78 is 0. The molecule has 2 aliphatic heterocycles. The summed E-state index contributed by atoms with van der Waals surface area (Å²) in [6, 6.07) is 9.02. The second kappa shape index (κ2) is 13.1. The summed E-state index contributed by atoms with van der Waals surface area (Å²) in [7, 11) is 1.75. The number of pyridine rings is 1. The number of carbonyl (C=O) groups is 3. The molecule has 0 saturated carbocycles. The number of carbonyl (C=O) groups excluding carboxylic acids is 3. The van der Waals surface area contributed by atoms with Crippen molar-refractivity contribution in [1.29, 1.82) is 0 Å². The molecule has 2 aromatic rings. The van der Waals surface area contributed by atoms with E-state index in [2.05, 4.69) is 27.3 Å². The molecule has 1 N–H and O–H groups in total. The van der Waals surface area contributed by atoms with E-state index in [0.717, 1.165) is 43.1 Å². The first-order valence-electron chi connectivity index (χ1n) is 13.4. The Hall–Kier alpha value is -2.68. The minimum absolute atomic E-state index is 0. The van der Waals surface area contributed by atoms with Crippen LogP contribution in [0.15, 0.2) is 30.3 Å². The highest BCUT2D eigenvalue weighted by molar-refractivity contribution is 6.31. The van der Waals surface area contributed by atoms with Crippen molar-refractivity contribution in [2.75, 3.05) is 25.5 Å². The zero-order valence-corrected chi connectivity index (χ0v) is 24.9. The van der Waals surface area contributed by atoms with Gasteiger partial charge in [-0.15, -0.1) is 12.4 Å². The molecule has 3 amide bonds. The largest absolute Gasteiger partial charge is 0.339 e. The third-order valence-corrected chi connectivity index (χ3v) is 8.11. The first-order valence-corrected chi connectivity index (χ1v) is 13.8. The summed E-state index contributed by atoms with van der Waals surface area (Å²) in [4.78, 5) is 49.3. The second-order valence-corrected chi connectivity index (χ2v) is 11.2. The molecule has 0 unspecified atom stereocenters. The van der Waals surface area contributed by atoms with Gasteiger partial charge in [0.2, 0.25) is 11.8 Å². The van der Waals surface area contributed by atoms with Crippen molar-refractivity contribution in [3.63, 3.8) is 0 Å². The van der Waals surface area contributed by atoms with Gasteiger partial charge < -0.3 is 15.1 Å². The van der Waals surface area contributed by atoms with Crippen LogP contribution in [0.5, 0.6) is 0 Å². The number of aromatic nitrogens is 1. The molecule has 2 saturated heterocycles. The smallest absolute Gasteiger partial charge is 0.254 e. The summed E-state index contributed by atoms with van der Waals surface area (Å²) >= 11 is 6.17. The number of benzene rings is 1. The zero-order valence-electron chi connectivity index (χ0n) is 23.4. The van der Waals surface area contributed by atoms with Crippen molar-refractivity contribution in [2.45, 2.75) is 78.0 Å². The molecule has 4 rings (SSSR count). The predicted octanol–water partition coefficient (Wildman–Crippen LogP) is 4.85. The van der Waals surface area contributed by atoms with Gasteiger partial charge in [-0.3, -0.25) is 19.3 Å². The minimum Gasteiger partial charge on any atom is -0.339 e. The molecule has 3 heterocycles. The topological polar surface area (TPSA) is 85.8 Å². The molecular weight excluding hydrogens is 537 g/mol. The van der Waals surface area contributed by atoms with Crippen molar-refractivity contribution in [3.8, 4) is 0 Å². The highest BCUT2D eigenvalue weighted by Crippen LogP contribution is 2.29. The van der Waals surface area contributed by atoms with Gasteiger partial charge in [-0.25, -0.2) is 4.98 Å². The Morgan fingerprint density at radius 1 is 1.13 bits per heavy atom. The summed E-state index contributed by atoms with van der Waals surface area (Å²) in [6.07, 6.45) is 2.51. The van der Waals surface area contributed by atoms with Crippen LogP contribution in [0.2, 0.25) is 5.02 Å². The fourth-order valence-corrected chi connectivity index (χ4v) is 5.46. The van der Waals surface area contributed by atoms with Gasteiger partial charge in [-0.05, 0) is 76.3 Å². The molecule has 1 aromatic carbocycles. The van der Waals surface area contributed by atoms with E-state index in [1.54, 1.807) is 35.9 Å². The number of hydrogen-bond donors (Lipinski definition) is 1. The van der Waals surface area contributed by atoms with Crippen molar-refractivity contribution >= 4 is 47.5 Å². The normalized spacial score (nSPS) is 18.3. The highest BCUT2D eigenvalue weighted by atomic mass is 35.5. The number of likely N-dealkylation sites (tertiary alicyclic amines) is 2. The van der Waals surface area contributed by atoms with Crippen LogP contribution in [0.3, 0.4) is 0 Å². The summed E-state index contributed by atoms with van der Waals surface area (Å²) in [5.74, 6) is -0.00532. The van der Waals surface area contributed by atoms with Crippen molar-refractivity contribution < 1.29 is 14.4 Å². The molecule has 10 heteroatoms. The summed E-state index contributed by atoms with van der Waals surface area (Å²) in [5, 5.41) is 3.67. The van der Waals surface area contributed by atoms with Gasteiger partial charge >= 0.3 is 0 Å². The van der Waals surface area contributed by atoms with Gasteiger partial charge in [0.25, 0.3) is 5.91 Å². The Morgan fingerprint density at radius 2 is 1.82 bits per heavy atom. The molecule has 0 aliphatic carbocycles. The maximum absolute atomic E-state index is 13.4. The third kappa shape index (κ3) is 7.29. The highest BCUT2D eigenvalue weighted by Gasteiger charge is 2.41. The maximum Gasteiger partial charge on any atom is 0.254 e. The maximum atomic E-state index is 13.4. The van der Waals surface area contributed by atoms with E-state index >= 15 is 0 Å². The molecule has 39 heavy (non-hydrogen) atoms. The number of piperidine rings is 1. The predicted molar refractivity (Wildman–Crippen MR) is 156 cm³/mol. The Balaban J connectivity index is 0.00000420. The number of amides is 3. The van der Waals surface area contributed by atoms with Crippen LogP contribution in [-0.2, 0) is 16.1 Å². The summed E-state index contributed by atoms with van der Waals surface area (Å²) in [5.41, 5.74) is 3.42. The van der Waals surface area contributed by atoms with Crippen molar-refractivity contribution in [2.24, 2.45) is 0 Å². The van der Waals surface area contributed by atoms with E-state index in [1.165, 1.54) is 5.56 Å². The fourth-order valence-electron chi connectivity index (χ4n) is 5.34. The van der Waals surface area contributed by atoms with E-state index < -0.39 is 6.04 Å². The van der Waals surface area contributed by atoms with Gasteiger partial charge in [0.1, 0.15) is 11.9 Å². The molecule has 2 aliphatic rings. The van der Waals surface area contributed by atoms with E-state index in [4.69, 9.17) is 11.6 Å². The monoisotopic (exact) mass is 575 g/mol. The van der Waals surface area contributed by atoms with Crippen molar-refractivity contribution in [3.05, 3.63) is 57.7 Å². The average Bonchev–Trinajstić information content (AvgIpc) is 3.26.